The molecular formula is C14H16ClN3O2. The van der Waals surface area contributed by atoms with Crippen LogP contribution in [0.4, 0.5) is 0 Å². The number of aromatic amines is 1. The third-order valence-corrected chi connectivity index (χ3v) is 3.05. The quantitative estimate of drug-likeness (QED) is 0.890. The van der Waals surface area contributed by atoms with E-state index >= 15 is 0 Å². The van der Waals surface area contributed by atoms with Crippen molar-refractivity contribution in [3.63, 3.8) is 0 Å². The molecule has 6 heteroatoms. The molecule has 0 saturated carbocycles. The Morgan fingerprint density at radius 3 is 3.00 bits per heavy atom. The van der Waals surface area contributed by atoms with Crippen molar-refractivity contribution in [3.05, 3.63) is 47.0 Å². The van der Waals surface area contributed by atoms with Gasteiger partial charge in [-0.1, -0.05) is 11.6 Å². The Labute approximate surface area is 122 Å². The molecule has 1 amide bonds. The Bertz CT molecular complexity index is 584. The lowest BCUT2D eigenvalue weighted by Gasteiger charge is -2.16. The minimum atomic E-state index is -0.585. The summed E-state index contributed by atoms with van der Waals surface area (Å²) in [7, 11) is 0. The number of rotatable bonds is 5. The average Bonchev–Trinajstić information content (AvgIpc) is 2.92. The molecule has 0 fully saturated rings. The number of halogens is 1. The van der Waals surface area contributed by atoms with Crippen LogP contribution in [0, 0.1) is 6.92 Å². The standard InChI is InChI=1S/C14H16ClN3O2/c1-9-5-11(15)3-4-13(9)20-10(2)14(19)17-7-12-6-16-8-18-12/h3-6,8,10H,7H2,1-2H3,(H,16,18)(H,17,19). The van der Waals surface area contributed by atoms with Crippen molar-refractivity contribution in [1.82, 2.24) is 15.3 Å². The number of H-pyrrole nitrogens is 1. The van der Waals surface area contributed by atoms with Crippen LogP contribution in [0.15, 0.2) is 30.7 Å². The number of nitrogens with one attached hydrogen (secondary N) is 2. The van der Waals surface area contributed by atoms with E-state index in [1.54, 1.807) is 37.6 Å². The van der Waals surface area contributed by atoms with Gasteiger partial charge < -0.3 is 15.0 Å². The van der Waals surface area contributed by atoms with Gasteiger partial charge in [-0.3, -0.25) is 4.79 Å². The minimum absolute atomic E-state index is 0.186. The van der Waals surface area contributed by atoms with Crippen LogP contribution >= 0.6 is 11.6 Å². The molecule has 2 rings (SSSR count). The molecule has 2 N–H and O–H groups in total. The number of benzene rings is 1. The summed E-state index contributed by atoms with van der Waals surface area (Å²) in [5.74, 6) is 0.465. The Morgan fingerprint density at radius 2 is 2.35 bits per heavy atom. The Morgan fingerprint density at radius 1 is 1.55 bits per heavy atom. The molecule has 1 unspecified atom stereocenters. The van der Waals surface area contributed by atoms with Crippen molar-refractivity contribution < 1.29 is 9.53 Å². The van der Waals surface area contributed by atoms with Gasteiger partial charge in [-0.25, -0.2) is 4.98 Å². The highest BCUT2D eigenvalue weighted by atomic mass is 35.5. The summed E-state index contributed by atoms with van der Waals surface area (Å²) in [5, 5.41) is 3.42. The van der Waals surface area contributed by atoms with Crippen LogP contribution in [0.25, 0.3) is 0 Å². The van der Waals surface area contributed by atoms with E-state index in [-0.39, 0.29) is 5.91 Å². The first-order valence-corrected chi connectivity index (χ1v) is 6.62. The fourth-order valence-corrected chi connectivity index (χ4v) is 1.92. The van der Waals surface area contributed by atoms with Crippen molar-refractivity contribution >= 4 is 17.5 Å². The molecule has 1 heterocycles. The summed E-state index contributed by atoms with van der Waals surface area (Å²) < 4.78 is 5.64. The van der Waals surface area contributed by atoms with Crippen LogP contribution in [-0.4, -0.2) is 22.0 Å². The lowest BCUT2D eigenvalue weighted by Crippen LogP contribution is -2.36. The fraction of sp³-hybridized carbons (Fsp3) is 0.286. The van der Waals surface area contributed by atoms with Gasteiger partial charge in [-0.2, -0.15) is 0 Å². The first-order valence-electron chi connectivity index (χ1n) is 6.24. The second-order valence-electron chi connectivity index (χ2n) is 4.46. The molecule has 0 bridgehead atoms. The fourth-order valence-electron chi connectivity index (χ4n) is 1.70. The maximum absolute atomic E-state index is 11.9. The Balaban J connectivity index is 1.90. The molecule has 0 aliphatic rings. The van der Waals surface area contributed by atoms with Crippen LogP contribution in [0.2, 0.25) is 5.02 Å². The number of nitrogens with zero attached hydrogens (tertiary/aromatic N) is 1. The average molecular weight is 294 g/mol. The van der Waals surface area contributed by atoms with E-state index in [0.29, 0.717) is 17.3 Å². The SMILES string of the molecule is Cc1cc(Cl)ccc1OC(C)C(=O)NCc1cnc[nH]1. The van der Waals surface area contributed by atoms with E-state index in [4.69, 9.17) is 16.3 Å². The van der Waals surface area contributed by atoms with Gasteiger partial charge in [0, 0.05) is 11.2 Å². The number of amides is 1. The van der Waals surface area contributed by atoms with Gasteiger partial charge in [0.25, 0.3) is 5.91 Å². The summed E-state index contributed by atoms with van der Waals surface area (Å²) in [6, 6.07) is 5.29. The highest BCUT2D eigenvalue weighted by molar-refractivity contribution is 6.30. The minimum Gasteiger partial charge on any atom is -0.481 e. The van der Waals surface area contributed by atoms with Gasteiger partial charge >= 0.3 is 0 Å². The number of carbonyl (C=O) groups excluding carboxylic acids is 1. The van der Waals surface area contributed by atoms with Gasteiger partial charge in [-0.05, 0) is 37.6 Å². The van der Waals surface area contributed by atoms with Crippen LogP contribution < -0.4 is 10.1 Å². The second-order valence-corrected chi connectivity index (χ2v) is 4.90. The molecule has 20 heavy (non-hydrogen) atoms. The van der Waals surface area contributed by atoms with Crippen LogP contribution in [-0.2, 0) is 11.3 Å². The summed E-state index contributed by atoms with van der Waals surface area (Å²) in [6.07, 6.45) is 2.64. The summed E-state index contributed by atoms with van der Waals surface area (Å²) >= 11 is 5.88. The van der Waals surface area contributed by atoms with Crippen LogP contribution in [0.5, 0.6) is 5.75 Å². The highest BCUT2D eigenvalue weighted by Gasteiger charge is 2.15. The number of aryl methyl sites for hydroxylation is 1. The van der Waals surface area contributed by atoms with Crippen LogP contribution in [0.1, 0.15) is 18.2 Å². The third-order valence-electron chi connectivity index (χ3n) is 2.82. The van der Waals surface area contributed by atoms with Crippen molar-refractivity contribution in [1.29, 1.82) is 0 Å². The maximum atomic E-state index is 11.9. The molecular weight excluding hydrogens is 278 g/mol. The molecule has 5 nitrogen and oxygen atoms in total. The maximum Gasteiger partial charge on any atom is 0.261 e. The number of aromatic nitrogens is 2. The third kappa shape index (κ3) is 3.74. The highest BCUT2D eigenvalue weighted by Crippen LogP contribution is 2.22. The van der Waals surface area contributed by atoms with Gasteiger partial charge in [0.2, 0.25) is 0 Å². The molecule has 106 valence electrons. The van der Waals surface area contributed by atoms with E-state index in [2.05, 4.69) is 15.3 Å². The molecule has 0 aliphatic heterocycles. The van der Waals surface area contributed by atoms with Crippen molar-refractivity contribution in [2.24, 2.45) is 0 Å². The molecule has 1 aromatic carbocycles. The monoisotopic (exact) mass is 293 g/mol. The molecule has 0 aliphatic carbocycles. The Kier molecular flexibility index (Phi) is 4.63. The predicted octanol–water partition coefficient (Wildman–Crippen LogP) is 2.46. The van der Waals surface area contributed by atoms with Crippen LogP contribution in [0.3, 0.4) is 0 Å². The summed E-state index contributed by atoms with van der Waals surface area (Å²) in [5.41, 5.74) is 1.74. The van der Waals surface area contributed by atoms with Gasteiger partial charge in [-0.15, -0.1) is 0 Å². The largest absolute Gasteiger partial charge is 0.481 e. The van der Waals surface area contributed by atoms with Crippen molar-refractivity contribution in [3.8, 4) is 5.75 Å². The van der Waals surface area contributed by atoms with E-state index in [1.807, 2.05) is 6.92 Å². The molecule has 0 radical (unpaired) electrons. The second kappa shape index (κ2) is 6.43. The predicted molar refractivity (Wildman–Crippen MR) is 76.7 cm³/mol. The smallest absolute Gasteiger partial charge is 0.261 e. The molecule has 2 aromatic rings. The topological polar surface area (TPSA) is 67.0 Å². The summed E-state index contributed by atoms with van der Waals surface area (Å²) in [6.45, 7) is 3.99. The number of carbonyl (C=O) groups is 1. The van der Waals surface area contributed by atoms with E-state index in [9.17, 15) is 4.79 Å². The first-order chi connectivity index (χ1) is 9.56. The normalized spacial score (nSPS) is 11.9. The Hall–Kier alpha value is -2.01. The zero-order chi connectivity index (χ0) is 14.5. The molecule has 1 atom stereocenters. The van der Waals surface area contributed by atoms with E-state index in [1.165, 1.54) is 0 Å². The number of hydrogen-bond donors (Lipinski definition) is 2. The van der Waals surface area contributed by atoms with Gasteiger partial charge in [0.15, 0.2) is 6.10 Å². The van der Waals surface area contributed by atoms with E-state index in [0.717, 1.165) is 11.3 Å². The number of hydrogen-bond acceptors (Lipinski definition) is 3. The van der Waals surface area contributed by atoms with E-state index < -0.39 is 6.10 Å². The zero-order valence-electron chi connectivity index (χ0n) is 11.3. The zero-order valence-corrected chi connectivity index (χ0v) is 12.1. The van der Waals surface area contributed by atoms with Gasteiger partial charge in [0.05, 0.1) is 18.6 Å². The van der Waals surface area contributed by atoms with Crippen molar-refractivity contribution in [2.75, 3.05) is 0 Å². The van der Waals surface area contributed by atoms with Crippen molar-refractivity contribution in [2.45, 2.75) is 26.5 Å². The molecule has 1 aromatic heterocycles. The lowest BCUT2D eigenvalue weighted by atomic mass is 10.2. The van der Waals surface area contributed by atoms with Gasteiger partial charge in [0.1, 0.15) is 5.75 Å². The summed E-state index contributed by atoms with van der Waals surface area (Å²) in [4.78, 5) is 18.7. The first kappa shape index (κ1) is 14.4. The number of imidazole rings is 1. The molecule has 0 spiro atoms. The molecule has 0 saturated heterocycles. The number of ether oxygens (including phenoxy) is 1. The lowest BCUT2D eigenvalue weighted by molar-refractivity contribution is -0.127.